The number of anilines is 1. The number of pyridine rings is 1. The Hall–Kier alpha value is -1.98. The topological polar surface area (TPSA) is 79.3 Å². The molecule has 0 bridgehead atoms. The smallest absolute Gasteiger partial charge is 0.306 e. The number of carbonyl (C=O) groups excluding carboxylic acids is 1. The lowest BCUT2D eigenvalue weighted by Crippen LogP contribution is -2.29. The number of amides is 1. The molecule has 5 nitrogen and oxygen atoms in total. The quantitative estimate of drug-likeness (QED) is 0.877. The van der Waals surface area contributed by atoms with E-state index in [0.717, 1.165) is 6.20 Å². The van der Waals surface area contributed by atoms with Crippen LogP contribution in [0.25, 0.3) is 0 Å². The van der Waals surface area contributed by atoms with Crippen LogP contribution in [0.4, 0.5) is 10.2 Å². The first-order chi connectivity index (χ1) is 9.06. The highest BCUT2D eigenvalue weighted by atomic mass is 19.1. The minimum absolute atomic E-state index is 0.178. The van der Waals surface area contributed by atoms with Gasteiger partial charge in [0.15, 0.2) is 0 Å². The number of carboxylic acids is 1. The van der Waals surface area contributed by atoms with E-state index in [-0.39, 0.29) is 17.7 Å². The fourth-order valence-corrected chi connectivity index (χ4v) is 2.28. The van der Waals surface area contributed by atoms with Gasteiger partial charge in [-0.3, -0.25) is 9.59 Å². The highest BCUT2D eigenvalue weighted by Gasteiger charge is 2.29. The van der Waals surface area contributed by atoms with Crippen LogP contribution in [-0.2, 0) is 9.59 Å². The van der Waals surface area contributed by atoms with Gasteiger partial charge in [-0.2, -0.15) is 0 Å². The van der Waals surface area contributed by atoms with Crippen molar-refractivity contribution in [3.05, 3.63) is 24.1 Å². The van der Waals surface area contributed by atoms with Gasteiger partial charge < -0.3 is 10.4 Å². The van der Waals surface area contributed by atoms with Crippen LogP contribution in [0.2, 0.25) is 0 Å². The van der Waals surface area contributed by atoms with Crippen molar-refractivity contribution in [1.82, 2.24) is 4.98 Å². The predicted octanol–water partition coefficient (Wildman–Crippen LogP) is 2.05. The summed E-state index contributed by atoms with van der Waals surface area (Å²) in [4.78, 5) is 26.5. The van der Waals surface area contributed by atoms with Crippen molar-refractivity contribution in [3.63, 3.8) is 0 Å². The predicted molar refractivity (Wildman–Crippen MR) is 65.9 cm³/mol. The van der Waals surface area contributed by atoms with Gasteiger partial charge in [-0.05, 0) is 37.8 Å². The minimum atomic E-state index is -0.793. The summed E-state index contributed by atoms with van der Waals surface area (Å²) in [7, 11) is 0. The van der Waals surface area contributed by atoms with Crippen molar-refractivity contribution in [3.8, 4) is 0 Å². The fourth-order valence-electron chi connectivity index (χ4n) is 2.28. The highest BCUT2D eigenvalue weighted by molar-refractivity contribution is 5.91. The van der Waals surface area contributed by atoms with Crippen molar-refractivity contribution in [2.75, 3.05) is 5.32 Å². The number of halogens is 1. The number of carboxylic acid groups (broad SMARTS) is 1. The van der Waals surface area contributed by atoms with Gasteiger partial charge in [0.25, 0.3) is 0 Å². The van der Waals surface area contributed by atoms with Crippen molar-refractivity contribution in [2.45, 2.75) is 25.7 Å². The molecule has 19 heavy (non-hydrogen) atoms. The zero-order valence-electron chi connectivity index (χ0n) is 10.3. The van der Waals surface area contributed by atoms with Crippen LogP contribution in [0, 0.1) is 17.7 Å². The third-order valence-electron chi connectivity index (χ3n) is 3.43. The van der Waals surface area contributed by atoms with E-state index in [0.29, 0.717) is 31.5 Å². The van der Waals surface area contributed by atoms with Gasteiger partial charge in [0, 0.05) is 5.92 Å². The number of nitrogens with one attached hydrogen (secondary N) is 1. The van der Waals surface area contributed by atoms with Crippen LogP contribution >= 0.6 is 0 Å². The molecule has 102 valence electrons. The SMILES string of the molecule is O=C(O)C1CCC(C(=O)Nc2ccc(F)cn2)CC1. The molecule has 0 aliphatic heterocycles. The van der Waals surface area contributed by atoms with Gasteiger partial charge in [-0.1, -0.05) is 0 Å². The lowest BCUT2D eigenvalue weighted by Gasteiger charge is -2.24. The summed E-state index contributed by atoms with van der Waals surface area (Å²) in [6.45, 7) is 0. The number of aromatic nitrogens is 1. The Morgan fingerprint density at radius 2 is 1.84 bits per heavy atom. The third kappa shape index (κ3) is 3.49. The Morgan fingerprint density at radius 3 is 2.37 bits per heavy atom. The maximum Gasteiger partial charge on any atom is 0.306 e. The maximum atomic E-state index is 12.7. The molecule has 0 atom stereocenters. The second kappa shape index (κ2) is 5.77. The number of aliphatic carboxylic acids is 1. The van der Waals surface area contributed by atoms with Gasteiger partial charge in [0.2, 0.25) is 5.91 Å². The van der Waals surface area contributed by atoms with E-state index in [1.54, 1.807) is 0 Å². The molecular formula is C13H15FN2O3. The lowest BCUT2D eigenvalue weighted by atomic mass is 9.81. The van der Waals surface area contributed by atoms with E-state index >= 15 is 0 Å². The van der Waals surface area contributed by atoms with Gasteiger partial charge in [0.1, 0.15) is 11.6 Å². The molecule has 1 aliphatic rings. The zero-order valence-corrected chi connectivity index (χ0v) is 10.3. The first-order valence-electron chi connectivity index (χ1n) is 6.21. The van der Waals surface area contributed by atoms with Crippen LogP contribution in [0.1, 0.15) is 25.7 Å². The normalized spacial score (nSPS) is 22.8. The average Bonchev–Trinajstić information content (AvgIpc) is 2.41. The number of carbonyl (C=O) groups is 2. The van der Waals surface area contributed by atoms with Crippen LogP contribution in [-0.4, -0.2) is 22.0 Å². The summed E-state index contributed by atoms with van der Waals surface area (Å²) in [5, 5.41) is 11.5. The van der Waals surface area contributed by atoms with E-state index in [2.05, 4.69) is 10.3 Å². The summed E-state index contributed by atoms with van der Waals surface area (Å²) < 4.78 is 12.7. The van der Waals surface area contributed by atoms with Crippen LogP contribution in [0.5, 0.6) is 0 Å². The first-order valence-corrected chi connectivity index (χ1v) is 6.21. The van der Waals surface area contributed by atoms with Crippen molar-refractivity contribution < 1.29 is 19.1 Å². The summed E-state index contributed by atoms with van der Waals surface area (Å²) >= 11 is 0. The largest absolute Gasteiger partial charge is 0.481 e. The van der Waals surface area contributed by atoms with Crippen LogP contribution < -0.4 is 5.32 Å². The second-order valence-electron chi connectivity index (χ2n) is 4.74. The van der Waals surface area contributed by atoms with E-state index < -0.39 is 11.8 Å². The maximum absolute atomic E-state index is 12.7. The standard InChI is InChI=1S/C13H15FN2O3/c14-10-5-6-11(15-7-10)16-12(17)8-1-3-9(4-2-8)13(18)19/h5-9H,1-4H2,(H,18,19)(H,15,16,17). The Morgan fingerprint density at radius 1 is 1.21 bits per heavy atom. The highest BCUT2D eigenvalue weighted by Crippen LogP contribution is 2.29. The third-order valence-corrected chi connectivity index (χ3v) is 3.43. The molecule has 1 fully saturated rings. The van der Waals surface area contributed by atoms with E-state index in [9.17, 15) is 14.0 Å². The van der Waals surface area contributed by atoms with Crippen molar-refractivity contribution in [1.29, 1.82) is 0 Å². The van der Waals surface area contributed by atoms with Gasteiger partial charge in [-0.15, -0.1) is 0 Å². The molecule has 1 aliphatic carbocycles. The Balaban J connectivity index is 1.88. The summed E-state index contributed by atoms with van der Waals surface area (Å²) in [5.74, 6) is -1.65. The molecule has 2 N–H and O–H groups in total. The molecule has 0 unspecified atom stereocenters. The molecule has 2 rings (SSSR count). The van der Waals surface area contributed by atoms with Crippen LogP contribution in [0.3, 0.4) is 0 Å². The molecule has 0 saturated heterocycles. The minimum Gasteiger partial charge on any atom is -0.481 e. The molecular weight excluding hydrogens is 251 g/mol. The number of nitrogens with zero attached hydrogens (tertiary/aromatic N) is 1. The molecule has 0 spiro atoms. The summed E-state index contributed by atoms with van der Waals surface area (Å²) in [5.41, 5.74) is 0. The summed E-state index contributed by atoms with van der Waals surface area (Å²) in [6, 6.07) is 2.63. The monoisotopic (exact) mass is 266 g/mol. The molecule has 1 aromatic heterocycles. The van der Waals surface area contributed by atoms with Crippen molar-refractivity contribution >= 4 is 17.7 Å². The number of hydrogen-bond acceptors (Lipinski definition) is 3. The van der Waals surface area contributed by atoms with E-state index in [4.69, 9.17) is 5.11 Å². The summed E-state index contributed by atoms with van der Waals surface area (Å²) in [6.07, 6.45) is 3.19. The van der Waals surface area contributed by atoms with E-state index in [1.807, 2.05) is 0 Å². The molecule has 0 radical (unpaired) electrons. The fraction of sp³-hybridized carbons (Fsp3) is 0.462. The molecule has 6 heteroatoms. The van der Waals surface area contributed by atoms with Gasteiger partial charge in [-0.25, -0.2) is 9.37 Å². The van der Waals surface area contributed by atoms with Gasteiger partial charge in [0.05, 0.1) is 12.1 Å². The lowest BCUT2D eigenvalue weighted by molar-refractivity contribution is -0.143. The van der Waals surface area contributed by atoms with Crippen LogP contribution in [0.15, 0.2) is 18.3 Å². The molecule has 1 aromatic rings. The molecule has 1 amide bonds. The Labute approximate surface area is 109 Å². The van der Waals surface area contributed by atoms with E-state index in [1.165, 1.54) is 12.1 Å². The number of rotatable bonds is 3. The molecule has 1 heterocycles. The Kier molecular flexibility index (Phi) is 4.09. The van der Waals surface area contributed by atoms with Crippen molar-refractivity contribution in [2.24, 2.45) is 11.8 Å². The molecule has 0 aromatic carbocycles. The first kappa shape index (κ1) is 13.5. The number of hydrogen-bond donors (Lipinski definition) is 2. The average molecular weight is 266 g/mol. The Bertz CT molecular complexity index is 467. The van der Waals surface area contributed by atoms with Gasteiger partial charge >= 0.3 is 5.97 Å². The zero-order chi connectivity index (χ0) is 13.8. The molecule has 1 saturated carbocycles. The second-order valence-corrected chi connectivity index (χ2v) is 4.74.